The zero-order valence-corrected chi connectivity index (χ0v) is 21.0. The Morgan fingerprint density at radius 1 is 1.08 bits per heavy atom. The van der Waals surface area contributed by atoms with Crippen LogP contribution in [0.5, 0.6) is 0 Å². The molecule has 2 fully saturated rings. The van der Waals surface area contributed by atoms with Crippen LogP contribution in [0.1, 0.15) is 11.4 Å². The molecule has 2 aliphatic heterocycles. The van der Waals surface area contributed by atoms with Crippen molar-refractivity contribution >= 4 is 29.3 Å². The first-order chi connectivity index (χ1) is 18.3. The van der Waals surface area contributed by atoms with Gasteiger partial charge in [-0.3, -0.25) is 9.47 Å². The number of rotatable bonds is 4. The SMILES string of the molecule is CN1C(=O)N[C@](c2ccccc2)(C(F)(F)F)S/C1=C(/C#N)c1nnc(N2CCOCC2)n1-c1ccccc1. The molecule has 5 rings (SSSR count). The molecule has 3 heterocycles. The van der Waals surface area contributed by atoms with E-state index in [0.29, 0.717) is 49.7 Å². The summed E-state index contributed by atoms with van der Waals surface area (Å²) in [5.41, 5.74) is 0.223. The van der Waals surface area contributed by atoms with E-state index in [-0.39, 0.29) is 22.0 Å². The summed E-state index contributed by atoms with van der Waals surface area (Å²) in [4.78, 5) is 13.1. The minimum atomic E-state index is -4.90. The Balaban J connectivity index is 1.72. The van der Waals surface area contributed by atoms with Crippen molar-refractivity contribution in [1.29, 1.82) is 5.26 Å². The van der Waals surface area contributed by atoms with E-state index in [1.807, 2.05) is 17.0 Å². The lowest BCUT2D eigenvalue weighted by Gasteiger charge is -2.43. The van der Waals surface area contributed by atoms with Crippen molar-refractivity contribution < 1.29 is 22.7 Å². The Kier molecular flexibility index (Phi) is 6.77. The lowest BCUT2D eigenvalue weighted by atomic mass is 10.1. The second-order valence-corrected chi connectivity index (χ2v) is 9.73. The van der Waals surface area contributed by atoms with Crippen LogP contribution in [-0.4, -0.2) is 65.2 Å². The molecule has 0 radical (unpaired) electrons. The fourth-order valence-corrected chi connectivity index (χ4v) is 5.55. The second-order valence-electron chi connectivity index (χ2n) is 8.52. The summed E-state index contributed by atoms with van der Waals surface area (Å²) >= 11 is 0.338. The number of urea groups is 1. The average molecular weight is 542 g/mol. The number of morpholine rings is 1. The number of nitrogens with one attached hydrogen (secondary N) is 1. The molecule has 1 atom stereocenters. The third kappa shape index (κ3) is 4.35. The van der Waals surface area contributed by atoms with Gasteiger partial charge in [-0.15, -0.1) is 10.2 Å². The first-order valence-corrected chi connectivity index (χ1v) is 12.4. The van der Waals surface area contributed by atoms with Crippen LogP contribution in [0.3, 0.4) is 0 Å². The Labute approximate surface area is 220 Å². The first kappa shape index (κ1) is 25.6. The van der Waals surface area contributed by atoms with Crippen molar-refractivity contribution in [2.45, 2.75) is 11.0 Å². The highest BCUT2D eigenvalue weighted by Crippen LogP contribution is 2.54. The van der Waals surface area contributed by atoms with Crippen molar-refractivity contribution in [2.24, 2.45) is 0 Å². The van der Waals surface area contributed by atoms with Crippen LogP contribution in [-0.2, 0) is 9.61 Å². The first-order valence-electron chi connectivity index (χ1n) is 11.6. The minimum Gasteiger partial charge on any atom is -0.378 e. The van der Waals surface area contributed by atoms with Crippen molar-refractivity contribution in [1.82, 2.24) is 25.0 Å². The van der Waals surface area contributed by atoms with Crippen LogP contribution in [0.2, 0.25) is 0 Å². The number of thioether (sulfide) groups is 1. The molecule has 38 heavy (non-hydrogen) atoms. The fourth-order valence-electron chi connectivity index (χ4n) is 4.30. The van der Waals surface area contributed by atoms with Gasteiger partial charge in [0.2, 0.25) is 10.8 Å². The molecule has 2 aromatic carbocycles. The summed E-state index contributed by atoms with van der Waals surface area (Å²) in [5.74, 6) is 0.439. The van der Waals surface area contributed by atoms with Crippen LogP contribution >= 0.6 is 11.8 Å². The number of nitriles is 1. The smallest absolute Gasteiger partial charge is 0.378 e. The molecule has 0 saturated carbocycles. The van der Waals surface area contributed by atoms with Crippen LogP contribution in [0, 0.1) is 11.3 Å². The van der Waals surface area contributed by atoms with E-state index >= 15 is 0 Å². The number of alkyl halides is 3. The van der Waals surface area contributed by atoms with E-state index in [1.54, 1.807) is 34.9 Å². The van der Waals surface area contributed by atoms with E-state index in [0.717, 1.165) is 4.90 Å². The molecule has 1 N–H and O–H groups in total. The number of carbonyl (C=O) groups is 1. The van der Waals surface area contributed by atoms with E-state index in [1.165, 1.54) is 31.3 Å². The third-order valence-electron chi connectivity index (χ3n) is 6.23. The number of amides is 2. The zero-order valence-electron chi connectivity index (χ0n) is 20.1. The summed E-state index contributed by atoms with van der Waals surface area (Å²) in [5, 5.41) is 20.8. The normalized spacial score (nSPS) is 21.6. The number of hydrogen-bond donors (Lipinski definition) is 1. The lowest BCUT2D eigenvalue weighted by Crippen LogP contribution is -2.60. The number of allylic oxidation sites excluding steroid dienone is 1. The van der Waals surface area contributed by atoms with Crippen LogP contribution in [0.15, 0.2) is 65.7 Å². The number of para-hydroxylation sites is 1. The largest absolute Gasteiger partial charge is 0.425 e. The summed E-state index contributed by atoms with van der Waals surface area (Å²) in [6.45, 7) is 1.97. The number of carbonyl (C=O) groups excluding carboxylic acids is 1. The maximum absolute atomic E-state index is 14.7. The number of hydrogen-bond acceptors (Lipinski definition) is 7. The predicted molar refractivity (Wildman–Crippen MR) is 135 cm³/mol. The highest BCUT2D eigenvalue weighted by atomic mass is 32.2. The zero-order chi connectivity index (χ0) is 26.9. The van der Waals surface area contributed by atoms with Crippen molar-refractivity contribution in [3.8, 4) is 11.8 Å². The topological polar surface area (TPSA) is 99.3 Å². The Morgan fingerprint density at radius 3 is 2.32 bits per heavy atom. The van der Waals surface area contributed by atoms with Gasteiger partial charge in [0.15, 0.2) is 5.82 Å². The number of aromatic nitrogens is 3. The Morgan fingerprint density at radius 2 is 1.71 bits per heavy atom. The molecule has 0 bridgehead atoms. The number of benzene rings is 2. The van der Waals surface area contributed by atoms with Gasteiger partial charge in [0.1, 0.15) is 16.7 Å². The van der Waals surface area contributed by atoms with Crippen LogP contribution in [0.4, 0.5) is 23.9 Å². The molecule has 2 aliphatic rings. The van der Waals surface area contributed by atoms with Gasteiger partial charge in [-0.2, -0.15) is 18.4 Å². The van der Waals surface area contributed by atoms with Gasteiger partial charge >= 0.3 is 12.2 Å². The summed E-state index contributed by atoms with van der Waals surface area (Å²) in [6.07, 6.45) is -4.90. The Bertz CT molecular complexity index is 1400. The molecule has 0 spiro atoms. The van der Waals surface area contributed by atoms with Crippen molar-refractivity contribution in [3.63, 3.8) is 0 Å². The molecule has 3 aromatic rings. The predicted octanol–water partition coefficient (Wildman–Crippen LogP) is 4.10. The monoisotopic (exact) mass is 541 g/mol. The van der Waals surface area contributed by atoms with Gasteiger partial charge in [0.05, 0.1) is 18.9 Å². The summed E-state index contributed by atoms with van der Waals surface area (Å²) < 4.78 is 51.2. The fraction of sp³-hybridized carbons (Fsp3) is 0.280. The molecule has 0 unspecified atom stereocenters. The molecule has 0 aliphatic carbocycles. The maximum atomic E-state index is 14.7. The molecule has 2 amide bonds. The van der Waals surface area contributed by atoms with E-state index in [2.05, 4.69) is 15.5 Å². The molecule has 1 aromatic heterocycles. The van der Waals surface area contributed by atoms with Gasteiger partial charge in [-0.05, 0) is 17.7 Å². The van der Waals surface area contributed by atoms with Gasteiger partial charge in [-0.25, -0.2) is 4.79 Å². The van der Waals surface area contributed by atoms with E-state index < -0.39 is 17.1 Å². The Hall–Kier alpha value is -4.02. The average Bonchev–Trinajstić information content (AvgIpc) is 3.37. The second kappa shape index (κ2) is 10.0. The number of anilines is 1. The van der Waals surface area contributed by atoms with Crippen molar-refractivity contribution in [2.75, 3.05) is 38.3 Å². The quantitative estimate of drug-likeness (QED) is 0.497. The van der Waals surface area contributed by atoms with Gasteiger partial charge < -0.3 is 15.0 Å². The van der Waals surface area contributed by atoms with E-state index in [4.69, 9.17) is 4.74 Å². The molecule has 196 valence electrons. The highest BCUT2D eigenvalue weighted by Gasteiger charge is 2.61. The summed E-state index contributed by atoms with van der Waals surface area (Å²) in [6, 6.07) is 17.1. The maximum Gasteiger partial charge on any atom is 0.425 e. The third-order valence-corrected chi connectivity index (χ3v) is 7.77. The molecule has 13 heteroatoms. The van der Waals surface area contributed by atoms with Crippen LogP contribution in [0.25, 0.3) is 11.3 Å². The minimum absolute atomic E-state index is 0.0216. The number of halogens is 3. The number of nitrogens with zero attached hydrogens (tertiary/aromatic N) is 6. The molecule has 9 nitrogen and oxygen atoms in total. The lowest BCUT2D eigenvalue weighted by molar-refractivity contribution is -0.168. The van der Waals surface area contributed by atoms with Crippen LogP contribution < -0.4 is 10.2 Å². The molecular weight excluding hydrogens is 519 g/mol. The van der Waals surface area contributed by atoms with Gasteiger partial charge in [-0.1, -0.05) is 60.3 Å². The highest BCUT2D eigenvalue weighted by molar-refractivity contribution is 8.04. The molecule has 2 saturated heterocycles. The standard InChI is InChI=1S/C25H22F3N7O2S/c1-33-21(38-24(25(26,27)28,30-23(33)36)17-8-4-2-5-9-17)19(16-29)20-31-32-22(34-12-14-37-15-13-34)35(20)18-10-6-3-7-11-18/h2-11H,12-15H2,1H3,(H,30,36)/b21-19-/t24-/m0/s1. The van der Waals surface area contributed by atoms with E-state index in [9.17, 15) is 23.2 Å². The number of ether oxygens (including phenoxy) is 1. The van der Waals surface area contributed by atoms with Crippen molar-refractivity contribution in [3.05, 3.63) is 77.1 Å². The van der Waals surface area contributed by atoms with Gasteiger partial charge in [0, 0.05) is 20.1 Å². The molecular formula is C25H22F3N7O2S. The summed E-state index contributed by atoms with van der Waals surface area (Å²) in [7, 11) is 1.31. The van der Waals surface area contributed by atoms with Gasteiger partial charge in [0.25, 0.3) is 0 Å².